The molecule has 5 aliphatic rings. The molecule has 2 saturated carbocycles. The Morgan fingerprint density at radius 3 is 2.19 bits per heavy atom. The summed E-state index contributed by atoms with van der Waals surface area (Å²) in [6, 6.07) is 5.35. The molecule has 5 atom stereocenters. The molecule has 0 radical (unpaired) electrons. The Hall–Kier alpha value is -2.26. The molecular weight excluding hydrogens is 430 g/mol. The number of rotatable bonds is 2. The van der Waals surface area contributed by atoms with Crippen molar-refractivity contribution in [1.29, 1.82) is 0 Å². The number of carbonyl (C=O) groups is 3. The summed E-state index contributed by atoms with van der Waals surface area (Å²) in [6.45, 7) is 7.81. The van der Waals surface area contributed by atoms with Crippen LogP contribution in [0.25, 0.3) is 0 Å². The van der Waals surface area contributed by atoms with Gasteiger partial charge in [-0.2, -0.15) is 5.01 Å². The van der Waals surface area contributed by atoms with E-state index in [1.165, 1.54) is 5.01 Å². The molecule has 1 unspecified atom stereocenters. The first kappa shape index (κ1) is 20.4. The topological polar surface area (TPSA) is 94.8 Å². The highest BCUT2D eigenvalue weighted by Crippen LogP contribution is 2.70. The fraction of sp³-hybridized carbons (Fsp3) is 0.609. The van der Waals surface area contributed by atoms with E-state index >= 15 is 0 Å². The first-order chi connectivity index (χ1) is 14.9. The minimum absolute atomic E-state index is 0.0000713. The zero-order chi connectivity index (χ0) is 23.0. The van der Waals surface area contributed by atoms with Crippen molar-refractivity contribution in [3.8, 4) is 0 Å². The van der Waals surface area contributed by atoms with Gasteiger partial charge in [0.05, 0.1) is 28.5 Å². The number of fused-ring (bicyclic) bond motifs is 2. The lowest BCUT2D eigenvalue weighted by molar-refractivity contribution is -0.130. The Balaban J connectivity index is 1.35. The summed E-state index contributed by atoms with van der Waals surface area (Å²) in [7, 11) is -3.77. The Morgan fingerprint density at radius 1 is 1.03 bits per heavy atom. The molecule has 3 aliphatic heterocycles. The smallest absolute Gasteiger partial charge is 0.272 e. The third kappa shape index (κ3) is 2.08. The average Bonchev–Trinajstić information content (AvgIpc) is 2.89. The fourth-order valence-corrected chi connectivity index (χ4v) is 9.87. The molecule has 3 amide bonds. The number of hydrogen-bond donors (Lipinski definition) is 0. The summed E-state index contributed by atoms with van der Waals surface area (Å²) in [5.41, 5.74) is -0.793. The van der Waals surface area contributed by atoms with Gasteiger partial charge >= 0.3 is 0 Å². The SMILES string of the molecule is CC1(C)[C@H](C(=O)N2[C@@H]3C[C@H]4CC[C@]3(CS2(=O)=O)C4(C)C)N1N1C(=O)c2ccccc2C1=O. The minimum atomic E-state index is -3.77. The second-order valence-corrected chi connectivity index (χ2v) is 13.0. The Bertz CT molecular complexity index is 1190. The van der Waals surface area contributed by atoms with Crippen LogP contribution in [0.15, 0.2) is 24.3 Å². The lowest BCUT2D eigenvalue weighted by atomic mass is 9.69. The lowest BCUT2D eigenvalue weighted by Crippen LogP contribution is -2.47. The van der Waals surface area contributed by atoms with Gasteiger partial charge < -0.3 is 0 Å². The summed E-state index contributed by atoms with van der Waals surface area (Å²) in [5.74, 6) is -1.07. The molecule has 9 heteroatoms. The van der Waals surface area contributed by atoms with Crippen LogP contribution in [-0.2, 0) is 14.8 Å². The third-order valence-electron chi connectivity index (χ3n) is 9.29. The summed E-state index contributed by atoms with van der Waals surface area (Å²) >= 11 is 0. The maximum atomic E-state index is 13.8. The lowest BCUT2D eigenvalue weighted by Gasteiger charge is -2.37. The third-order valence-corrected chi connectivity index (χ3v) is 11.2. The molecule has 4 fully saturated rings. The molecule has 2 saturated heterocycles. The molecule has 1 aromatic carbocycles. The maximum Gasteiger partial charge on any atom is 0.276 e. The van der Waals surface area contributed by atoms with Gasteiger partial charge in [-0.05, 0) is 56.6 Å². The molecule has 0 N–H and O–H groups in total. The molecule has 32 heavy (non-hydrogen) atoms. The molecule has 3 heterocycles. The van der Waals surface area contributed by atoms with E-state index in [1.54, 1.807) is 38.1 Å². The highest BCUT2D eigenvalue weighted by Gasteiger charge is 2.75. The zero-order valence-corrected chi connectivity index (χ0v) is 19.5. The van der Waals surface area contributed by atoms with Crippen molar-refractivity contribution in [2.24, 2.45) is 16.7 Å². The largest absolute Gasteiger partial charge is 0.276 e. The van der Waals surface area contributed by atoms with Crippen molar-refractivity contribution < 1.29 is 22.8 Å². The van der Waals surface area contributed by atoms with Crippen LogP contribution in [0.1, 0.15) is 67.7 Å². The molecule has 2 bridgehead atoms. The van der Waals surface area contributed by atoms with E-state index in [0.717, 1.165) is 22.2 Å². The first-order valence-corrected chi connectivity index (χ1v) is 12.8. The van der Waals surface area contributed by atoms with Crippen LogP contribution in [0.4, 0.5) is 0 Å². The molecule has 6 rings (SSSR count). The molecule has 2 aliphatic carbocycles. The van der Waals surface area contributed by atoms with Crippen molar-refractivity contribution in [3.05, 3.63) is 35.4 Å². The number of carbonyl (C=O) groups excluding carboxylic acids is 3. The van der Waals surface area contributed by atoms with Crippen molar-refractivity contribution in [2.45, 2.75) is 64.6 Å². The van der Waals surface area contributed by atoms with Crippen LogP contribution in [-0.4, -0.2) is 63.8 Å². The highest BCUT2D eigenvalue weighted by molar-refractivity contribution is 7.90. The van der Waals surface area contributed by atoms with Gasteiger partial charge in [-0.3, -0.25) is 14.4 Å². The van der Waals surface area contributed by atoms with E-state index < -0.39 is 44.7 Å². The van der Waals surface area contributed by atoms with Crippen LogP contribution >= 0.6 is 0 Å². The summed E-state index contributed by atoms with van der Waals surface area (Å²) in [5, 5.41) is 2.48. The maximum absolute atomic E-state index is 13.8. The van der Waals surface area contributed by atoms with Gasteiger partial charge in [0, 0.05) is 5.41 Å². The monoisotopic (exact) mass is 457 g/mol. The predicted octanol–water partition coefficient (Wildman–Crippen LogP) is 2.03. The molecule has 0 aromatic heterocycles. The molecule has 1 spiro atoms. The normalized spacial score (nSPS) is 39.4. The second kappa shape index (κ2) is 5.62. The molecule has 170 valence electrons. The standard InChI is InChI=1S/C23H27N3O5S/c1-21(2)13-9-10-23(21)12-32(30,31)25(16(23)11-13)20(29)17-22(3,4)26(17)24-18(27)14-7-5-6-8-15(14)19(24)28/h5-8,13,16-17H,9-12H2,1-4H3/t13-,16-,17+,23-,26?/m1/s1. The first-order valence-electron chi connectivity index (χ1n) is 11.2. The van der Waals surface area contributed by atoms with E-state index in [1.807, 2.05) is 0 Å². The van der Waals surface area contributed by atoms with E-state index in [0.29, 0.717) is 23.5 Å². The molecule has 8 nitrogen and oxygen atoms in total. The van der Waals surface area contributed by atoms with Gasteiger partial charge in [-0.1, -0.05) is 26.0 Å². The number of amides is 3. The van der Waals surface area contributed by atoms with Crippen molar-refractivity contribution in [3.63, 3.8) is 0 Å². The Morgan fingerprint density at radius 2 is 1.62 bits per heavy atom. The summed E-state index contributed by atoms with van der Waals surface area (Å²) < 4.78 is 27.7. The van der Waals surface area contributed by atoms with Crippen LogP contribution < -0.4 is 0 Å². The minimum Gasteiger partial charge on any atom is -0.272 e. The summed E-state index contributed by atoms with van der Waals surface area (Å²) in [6.07, 6.45) is 2.50. The van der Waals surface area contributed by atoms with Gasteiger partial charge in [0.15, 0.2) is 0 Å². The second-order valence-electron chi connectivity index (χ2n) is 11.1. The van der Waals surface area contributed by atoms with Crippen molar-refractivity contribution in [2.75, 3.05) is 5.75 Å². The quantitative estimate of drug-likeness (QED) is 0.498. The zero-order valence-electron chi connectivity index (χ0n) is 18.7. The van der Waals surface area contributed by atoms with Gasteiger partial charge in [0.2, 0.25) is 10.0 Å². The number of sulfonamides is 1. The van der Waals surface area contributed by atoms with Crippen LogP contribution in [0.3, 0.4) is 0 Å². The van der Waals surface area contributed by atoms with Gasteiger partial charge in [0.25, 0.3) is 17.7 Å². The highest BCUT2D eigenvalue weighted by atomic mass is 32.2. The average molecular weight is 458 g/mol. The molecule has 1 aromatic rings. The fourth-order valence-electron chi connectivity index (χ4n) is 7.32. The molecular formula is C23H27N3O5S. The van der Waals surface area contributed by atoms with Crippen molar-refractivity contribution in [1.82, 2.24) is 14.3 Å². The number of hydrazine groups is 1. The number of hydrogen-bond acceptors (Lipinski definition) is 6. The van der Waals surface area contributed by atoms with E-state index in [4.69, 9.17) is 0 Å². The van der Waals surface area contributed by atoms with Gasteiger partial charge in [0.1, 0.15) is 6.04 Å². The van der Waals surface area contributed by atoms with Crippen LogP contribution in [0, 0.1) is 16.7 Å². The van der Waals surface area contributed by atoms with Crippen LogP contribution in [0.5, 0.6) is 0 Å². The predicted molar refractivity (Wildman–Crippen MR) is 115 cm³/mol. The van der Waals surface area contributed by atoms with Gasteiger partial charge in [-0.25, -0.2) is 17.7 Å². The Kier molecular flexibility index (Phi) is 3.57. The number of imide groups is 1. The Labute approximate surface area is 187 Å². The number of nitrogens with zero attached hydrogens (tertiary/aromatic N) is 3. The van der Waals surface area contributed by atoms with Crippen molar-refractivity contribution >= 4 is 27.7 Å². The van der Waals surface area contributed by atoms with E-state index in [-0.39, 0.29) is 17.2 Å². The van der Waals surface area contributed by atoms with E-state index in [9.17, 15) is 22.8 Å². The summed E-state index contributed by atoms with van der Waals surface area (Å²) in [4.78, 5) is 39.7. The van der Waals surface area contributed by atoms with Crippen LogP contribution in [0.2, 0.25) is 0 Å². The van der Waals surface area contributed by atoms with Gasteiger partial charge in [-0.15, -0.1) is 0 Å². The van der Waals surface area contributed by atoms with E-state index in [2.05, 4.69) is 13.8 Å². The number of benzene rings is 1.